The van der Waals surface area contributed by atoms with Crippen LogP contribution in [0.1, 0.15) is 37.0 Å². The fourth-order valence-electron chi connectivity index (χ4n) is 3.12. The highest BCUT2D eigenvalue weighted by Crippen LogP contribution is 2.35. The average Bonchev–Trinajstić information content (AvgIpc) is 3.02. The summed E-state index contributed by atoms with van der Waals surface area (Å²) >= 11 is 2.04. The van der Waals surface area contributed by atoms with E-state index in [0.29, 0.717) is 30.8 Å². The zero-order valence-corrected chi connectivity index (χ0v) is 17.5. The van der Waals surface area contributed by atoms with Crippen molar-refractivity contribution in [1.82, 2.24) is 9.80 Å². The van der Waals surface area contributed by atoms with Crippen molar-refractivity contribution in [2.24, 2.45) is 5.92 Å². The standard InChI is InChI=1S/C19H24IN3O3/c1-14(2)11-22(18(25)15-7-4-5-8-16(15)26-3)12-17(24)23-10-6-9-19(23,20)13-21/h4-5,7-8,14H,6,9-12H2,1-3H3/t19-/m1/s1. The first-order valence-corrected chi connectivity index (χ1v) is 9.73. The van der Waals surface area contributed by atoms with Crippen molar-refractivity contribution in [1.29, 1.82) is 5.26 Å². The van der Waals surface area contributed by atoms with Gasteiger partial charge in [-0.15, -0.1) is 0 Å². The molecule has 7 heteroatoms. The van der Waals surface area contributed by atoms with Crippen molar-refractivity contribution in [2.45, 2.75) is 30.2 Å². The van der Waals surface area contributed by atoms with Gasteiger partial charge in [-0.25, -0.2) is 0 Å². The van der Waals surface area contributed by atoms with E-state index in [0.717, 1.165) is 6.42 Å². The largest absolute Gasteiger partial charge is 0.496 e. The summed E-state index contributed by atoms with van der Waals surface area (Å²) in [5.74, 6) is 0.266. The maximum atomic E-state index is 13.0. The lowest BCUT2D eigenvalue weighted by atomic mass is 10.1. The Morgan fingerprint density at radius 2 is 2.12 bits per heavy atom. The van der Waals surface area contributed by atoms with Gasteiger partial charge in [0.1, 0.15) is 18.4 Å². The summed E-state index contributed by atoms with van der Waals surface area (Å²) < 4.78 is 4.48. The molecule has 140 valence electrons. The number of alkyl halides is 1. The van der Waals surface area contributed by atoms with E-state index in [1.807, 2.05) is 36.4 Å². The van der Waals surface area contributed by atoms with Crippen LogP contribution in [0.5, 0.6) is 5.75 Å². The van der Waals surface area contributed by atoms with Crippen LogP contribution in [0.15, 0.2) is 24.3 Å². The number of benzene rings is 1. The summed E-state index contributed by atoms with van der Waals surface area (Å²) in [7, 11) is 1.52. The number of carbonyl (C=O) groups excluding carboxylic acids is 2. The second kappa shape index (κ2) is 8.71. The highest BCUT2D eigenvalue weighted by atomic mass is 127. The topological polar surface area (TPSA) is 73.6 Å². The smallest absolute Gasteiger partial charge is 0.258 e. The lowest BCUT2D eigenvalue weighted by molar-refractivity contribution is -0.132. The lowest BCUT2D eigenvalue weighted by Crippen LogP contribution is -2.48. The molecule has 6 nitrogen and oxygen atoms in total. The van der Waals surface area contributed by atoms with E-state index >= 15 is 0 Å². The summed E-state index contributed by atoms with van der Waals surface area (Å²) in [6.45, 7) is 4.97. The highest BCUT2D eigenvalue weighted by Gasteiger charge is 2.42. The van der Waals surface area contributed by atoms with E-state index in [1.165, 1.54) is 7.11 Å². The van der Waals surface area contributed by atoms with Gasteiger partial charge in [-0.05, 0) is 53.5 Å². The summed E-state index contributed by atoms with van der Waals surface area (Å²) in [6, 6.07) is 9.24. The van der Waals surface area contributed by atoms with Crippen LogP contribution in [-0.4, -0.2) is 51.9 Å². The molecular formula is C19H24IN3O3. The first-order chi connectivity index (χ1) is 12.3. The third-order valence-electron chi connectivity index (χ3n) is 4.33. The number of carbonyl (C=O) groups is 2. The Hall–Kier alpha value is -1.82. The molecule has 0 aromatic heterocycles. The molecular weight excluding hydrogens is 445 g/mol. The summed E-state index contributed by atoms with van der Waals surface area (Å²) in [5.41, 5.74) is 0.436. The number of halogens is 1. The van der Waals surface area contributed by atoms with E-state index in [9.17, 15) is 14.9 Å². The van der Waals surface area contributed by atoms with Gasteiger partial charge in [0.2, 0.25) is 5.91 Å². The van der Waals surface area contributed by atoms with Crippen LogP contribution in [0.25, 0.3) is 0 Å². The highest BCUT2D eigenvalue weighted by molar-refractivity contribution is 14.1. The van der Waals surface area contributed by atoms with E-state index in [1.54, 1.807) is 34.1 Å². The molecule has 1 aromatic rings. The minimum atomic E-state index is -0.814. The molecule has 1 aliphatic rings. The molecule has 0 saturated carbocycles. The Balaban J connectivity index is 2.24. The Bertz CT molecular complexity index is 716. The first-order valence-electron chi connectivity index (χ1n) is 8.65. The van der Waals surface area contributed by atoms with E-state index in [-0.39, 0.29) is 24.3 Å². The fourth-order valence-corrected chi connectivity index (χ4v) is 4.01. The molecule has 26 heavy (non-hydrogen) atoms. The summed E-state index contributed by atoms with van der Waals surface area (Å²) in [6.07, 6.45) is 1.45. The molecule has 0 N–H and O–H groups in total. The molecule has 1 aromatic carbocycles. The van der Waals surface area contributed by atoms with Gasteiger partial charge in [-0.2, -0.15) is 5.26 Å². The Morgan fingerprint density at radius 3 is 2.73 bits per heavy atom. The second-order valence-electron chi connectivity index (χ2n) is 6.80. The number of rotatable bonds is 6. The zero-order valence-electron chi connectivity index (χ0n) is 15.4. The summed E-state index contributed by atoms with van der Waals surface area (Å²) in [4.78, 5) is 29.0. The predicted octanol–water partition coefficient (Wildman–Crippen LogP) is 3.07. The van der Waals surface area contributed by atoms with Crippen molar-refractivity contribution < 1.29 is 14.3 Å². The molecule has 0 aliphatic carbocycles. The monoisotopic (exact) mass is 469 g/mol. The lowest BCUT2D eigenvalue weighted by Gasteiger charge is -2.31. The van der Waals surface area contributed by atoms with Gasteiger partial charge in [0.25, 0.3) is 5.91 Å². The molecule has 2 rings (SSSR count). The number of para-hydroxylation sites is 1. The average molecular weight is 469 g/mol. The van der Waals surface area contributed by atoms with Crippen LogP contribution in [0.2, 0.25) is 0 Å². The van der Waals surface area contributed by atoms with Gasteiger partial charge in [-0.3, -0.25) is 9.59 Å². The molecule has 1 fully saturated rings. The normalized spacial score (nSPS) is 19.3. The number of amides is 2. The number of nitriles is 1. The van der Waals surface area contributed by atoms with Gasteiger partial charge in [-0.1, -0.05) is 26.0 Å². The van der Waals surface area contributed by atoms with Crippen LogP contribution in [0, 0.1) is 17.2 Å². The van der Waals surface area contributed by atoms with Crippen molar-refractivity contribution >= 4 is 34.4 Å². The quantitative estimate of drug-likeness (QED) is 0.365. The minimum absolute atomic E-state index is 0.0402. The van der Waals surface area contributed by atoms with Crippen molar-refractivity contribution in [3.8, 4) is 11.8 Å². The van der Waals surface area contributed by atoms with Crippen molar-refractivity contribution in [2.75, 3.05) is 26.7 Å². The van der Waals surface area contributed by atoms with Gasteiger partial charge < -0.3 is 14.5 Å². The second-order valence-corrected chi connectivity index (χ2v) is 8.58. The Morgan fingerprint density at radius 1 is 1.42 bits per heavy atom. The molecule has 0 spiro atoms. The van der Waals surface area contributed by atoms with Gasteiger partial charge in [0.15, 0.2) is 3.55 Å². The Labute approximate surface area is 168 Å². The molecule has 0 bridgehead atoms. The number of hydrogen-bond acceptors (Lipinski definition) is 4. The number of likely N-dealkylation sites (tertiary alicyclic amines) is 1. The molecule has 0 radical (unpaired) electrons. The molecule has 1 atom stereocenters. The minimum Gasteiger partial charge on any atom is -0.496 e. The molecule has 1 heterocycles. The predicted molar refractivity (Wildman–Crippen MR) is 107 cm³/mol. The summed E-state index contributed by atoms with van der Waals surface area (Å²) in [5, 5.41) is 9.43. The zero-order chi connectivity index (χ0) is 19.3. The van der Waals surface area contributed by atoms with E-state index < -0.39 is 3.55 Å². The molecule has 1 aliphatic heterocycles. The van der Waals surface area contributed by atoms with Gasteiger partial charge in [0.05, 0.1) is 12.7 Å². The van der Waals surface area contributed by atoms with E-state index in [2.05, 4.69) is 6.07 Å². The molecule has 0 unspecified atom stereocenters. The third kappa shape index (κ3) is 4.47. The van der Waals surface area contributed by atoms with Crippen LogP contribution in [0.3, 0.4) is 0 Å². The van der Waals surface area contributed by atoms with Crippen molar-refractivity contribution in [3.63, 3.8) is 0 Å². The van der Waals surface area contributed by atoms with Gasteiger partial charge >= 0.3 is 0 Å². The van der Waals surface area contributed by atoms with Crippen LogP contribution < -0.4 is 4.74 Å². The SMILES string of the molecule is COc1ccccc1C(=O)N(CC(=O)N1CCC[C@]1(I)C#N)CC(C)C. The number of ether oxygens (including phenoxy) is 1. The number of methoxy groups -OCH3 is 1. The molecule has 2 amide bonds. The van der Waals surface area contributed by atoms with Crippen molar-refractivity contribution in [3.05, 3.63) is 29.8 Å². The fraction of sp³-hybridized carbons (Fsp3) is 0.526. The third-order valence-corrected chi connectivity index (χ3v) is 5.69. The van der Waals surface area contributed by atoms with E-state index in [4.69, 9.17) is 4.74 Å². The van der Waals surface area contributed by atoms with Crippen LogP contribution >= 0.6 is 22.6 Å². The van der Waals surface area contributed by atoms with Crippen LogP contribution in [0.4, 0.5) is 0 Å². The number of hydrogen-bond donors (Lipinski definition) is 0. The number of nitrogens with zero attached hydrogens (tertiary/aromatic N) is 3. The maximum absolute atomic E-state index is 13.0. The first kappa shape index (κ1) is 20.5. The van der Waals surface area contributed by atoms with Crippen LogP contribution in [-0.2, 0) is 4.79 Å². The van der Waals surface area contributed by atoms with Gasteiger partial charge in [0, 0.05) is 13.1 Å². The Kier molecular flexibility index (Phi) is 6.87. The molecule has 1 saturated heterocycles. The maximum Gasteiger partial charge on any atom is 0.258 e.